The number of aliphatic imine (C=N–C) groups is 1. The van der Waals surface area contributed by atoms with Gasteiger partial charge in [0.25, 0.3) is 0 Å². The highest BCUT2D eigenvalue weighted by Gasteiger charge is 2.40. The molecule has 0 amide bonds. The summed E-state index contributed by atoms with van der Waals surface area (Å²) in [5.74, 6) is -0.170. The molecule has 2 aromatic heterocycles. The van der Waals surface area contributed by atoms with Crippen LogP contribution < -0.4 is 5.73 Å². The monoisotopic (exact) mass is 380 g/mol. The quantitative estimate of drug-likeness (QED) is 0.810. The number of nitrogens with zero attached hydrogens (tertiary/aromatic N) is 5. The summed E-state index contributed by atoms with van der Waals surface area (Å²) < 4.78 is -0.0494. The number of aromatic nitrogens is 3. The zero-order valence-electron chi connectivity index (χ0n) is 15.4. The summed E-state index contributed by atoms with van der Waals surface area (Å²) in [5.41, 5.74) is 7.52. The average molecular weight is 380 g/mol. The van der Waals surface area contributed by atoms with E-state index in [1.807, 2.05) is 19.1 Å². The molecule has 0 aliphatic carbocycles. The maximum Gasteiger partial charge on any atom is 0.187 e. The molecular formula is C19H20N6OS. The number of rotatable bonds is 4. The number of nitrogens with two attached hydrogens (primary N) is 1. The first-order valence-corrected chi connectivity index (χ1v) is 9.27. The fourth-order valence-corrected chi connectivity index (χ4v) is 4.45. The highest BCUT2D eigenvalue weighted by molar-refractivity contribution is 8.15. The van der Waals surface area contributed by atoms with Gasteiger partial charge >= 0.3 is 0 Å². The Bertz CT molecular complexity index is 947. The lowest BCUT2D eigenvalue weighted by Crippen LogP contribution is -2.38. The minimum absolute atomic E-state index is 0.0494. The van der Waals surface area contributed by atoms with Gasteiger partial charge in [0.1, 0.15) is 17.3 Å². The zero-order chi connectivity index (χ0) is 19.7. The summed E-state index contributed by atoms with van der Waals surface area (Å²) in [7, 11) is 0. The molecule has 0 saturated carbocycles. The van der Waals surface area contributed by atoms with E-state index < -0.39 is 5.54 Å². The Hall–Kier alpha value is -2.79. The molecule has 0 fully saturated rings. The van der Waals surface area contributed by atoms with Crippen LogP contribution in [0, 0.1) is 11.3 Å². The van der Waals surface area contributed by atoms with Crippen molar-refractivity contribution in [2.24, 2.45) is 10.7 Å². The summed E-state index contributed by atoms with van der Waals surface area (Å²) >= 11 is 1.56. The van der Waals surface area contributed by atoms with Crippen molar-refractivity contribution >= 4 is 22.7 Å². The van der Waals surface area contributed by atoms with Gasteiger partial charge in [-0.1, -0.05) is 25.6 Å². The summed E-state index contributed by atoms with van der Waals surface area (Å²) in [6.45, 7) is 6.28. The number of thioether (sulfide) groups is 1. The van der Waals surface area contributed by atoms with Crippen LogP contribution in [-0.4, -0.2) is 30.6 Å². The lowest BCUT2D eigenvalue weighted by atomic mass is 9.86. The molecule has 1 atom stereocenters. The molecule has 0 aromatic carbocycles. The Morgan fingerprint density at radius 1 is 1.30 bits per heavy atom. The lowest BCUT2D eigenvalue weighted by Gasteiger charge is -2.38. The summed E-state index contributed by atoms with van der Waals surface area (Å²) in [6, 6.07) is 5.59. The molecule has 0 saturated heterocycles. The van der Waals surface area contributed by atoms with Crippen LogP contribution in [0.15, 0.2) is 35.7 Å². The number of pyridine rings is 1. The minimum atomic E-state index is -0.536. The van der Waals surface area contributed by atoms with Crippen LogP contribution in [0.2, 0.25) is 0 Å². The predicted octanol–water partition coefficient (Wildman–Crippen LogP) is 2.61. The minimum Gasteiger partial charge on any atom is -0.378 e. The van der Waals surface area contributed by atoms with Gasteiger partial charge in [0.15, 0.2) is 16.6 Å². The maximum atomic E-state index is 12.5. The average Bonchev–Trinajstić information content (AvgIpc) is 2.60. The Kier molecular flexibility index (Phi) is 4.98. The number of ketones is 1. The summed E-state index contributed by atoms with van der Waals surface area (Å²) in [6.07, 6.45) is 5.27. The van der Waals surface area contributed by atoms with Crippen molar-refractivity contribution in [3.8, 4) is 6.07 Å². The van der Waals surface area contributed by atoms with Crippen molar-refractivity contribution < 1.29 is 4.79 Å². The van der Waals surface area contributed by atoms with Crippen molar-refractivity contribution in [3.63, 3.8) is 0 Å². The molecule has 1 aliphatic heterocycles. The van der Waals surface area contributed by atoms with Crippen molar-refractivity contribution in [2.75, 3.05) is 0 Å². The molecule has 8 heteroatoms. The highest BCUT2D eigenvalue weighted by atomic mass is 32.2. The molecule has 2 aromatic rings. The molecule has 27 heavy (non-hydrogen) atoms. The van der Waals surface area contributed by atoms with Crippen molar-refractivity contribution in [1.29, 1.82) is 5.26 Å². The van der Waals surface area contributed by atoms with Gasteiger partial charge in [0.2, 0.25) is 0 Å². The van der Waals surface area contributed by atoms with Crippen LogP contribution >= 0.6 is 11.8 Å². The van der Waals surface area contributed by atoms with E-state index in [4.69, 9.17) is 11.0 Å². The number of hydrogen-bond acceptors (Lipinski definition) is 8. The molecule has 0 unspecified atom stereocenters. The summed E-state index contributed by atoms with van der Waals surface area (Å²) in [4.78, 5) is 29.5. The molecule has 0 radical (unpaired) electrons. The fraction of sp³-hybridized carbons (Fsp3) is 0.368. The second-order valence-electron chi connectivity index (χ2n) is 7.31. The second kappa shape index (κ2) is 7.08. The van der Waals surface area contributed by atoms with E-state index in [0.29, 0.717) is 5.17 Å². The van der Waals surface area contributed by atoms with Gasteiger partial charge in [-0.2, -0.15) is 5.26 Å². The van der Waals surface area contributed by atoms with Gasteiger partial charge in [0.05, 0.1) is 18.1 Å². The smallest absolute Gasteiger partial charge is 0.187 e. The normalized spacial score (nSPS) is 21.2. The number of Topliss-reactive ketones (excluding diaryl/α,β-unsaturated/α-hetero) is 1. The zero-order valence-corrected chi connectivity index (χ0v) is 16.2. The predicted molar refractivity (Wildman–Crippen MR) is 104 cm³/mol. The lowest BCUT2D eigenvalue weighted by molar-refractivity contribution is 0.0987. The Labute approximate surface area is 162 Å². The molecule has 3 heterocycles. The van der Waals surface area contributed by atoms with E-state index in [1.165, 1.54) is 12.4 Å². The second-order valence-corrected chi connectivity index (χ2v) is 9.04. The standard InChI is InChI=1S/C19H20N6OS/c1-18(2)11-19(3,25-17(21)27-18)16-7-12(4-5-22-16)6-15(26)14-10-23-13(8-20)9-24-14/h4-5,7,9-10H,6,11H2,1-3H3,(H2,21,25)/t19-/m0/s1. The number of hydrogen-bond donors (Lipinski definition) is 1. The summed E-state index contributed by atoms with van der Waals surface area (Å²) in [5, 5.41) is 9.32. The molecule has 2 N–H and O–H groups in total. The molecule has 138 valence electrons. The third kappa shape index (κ3) is 4.31. The molecule has 7 nitrogen and oxygen atoms in total. The van der Waals surface area contributed by atoms with Crippen molar-refractivity contribution in [1.82, 2.24) is 15.0 Å². The first kappa shape index (κ1) is 19.0. The van der Waals surface area contributed by atoms with Gasteiger partial charge < -0.3 is 5.73 Å². The van der Waals surface area contributed by atoms with E-state index >= 15 is 0 Å². The number of amidine groups is 1. The van der Waals surface area contributed by atoms with Crippen LogP contribution in [0.25, 0.3) is 0 Å². The molecule has 3 rings (SSSR count). The van der Waals surface area contributed by atoms with E-state index in [0.717, 1.165) is 17.7 Å². The maximum absolute atomic E-state index is 12.5. The first-order chi connectivity index (χ1) is 12.7. The first-order valence-electron chi connectivity index (χ1n) is 8.46. The van der Waals surface area contributed by atoms with Crippen LogP contribution in [-0.2, 0) is 12.0 Å². The van der Waals surface area contributed by atoms with Gasteiger partial charge in [0, 0.05) is 17.4 Å². The highest BCUT2D eigenvalue weighted by Crippen LogP contribution is 2.44. The van der Waals surface area contributed by atoms with Crippen LogP contribution in [0.5, 0.6) is 0 Å². The van der Waals surface area contributed by atoms with Gasteiger partial charge in [-0.25, -0.2) is 15.0 Å². The van der Waals surface area contributed by atoms with E-state index in [2.05, 4.69) is 33.8 Å². The molecule has 1 aliphatic rings. The third-order valence-electron chi connectivity index (χ3n) is 4.30. The van der Waals surface area contributed by atoms with E-state index in [-0.39, 0.29) is 28.3 Å². The number of nitriles is 1. The Balaban J connectivity index is 1.84. The molecule has 0 spiro atoms. The van der Waals surface area contributed by atoms with Crippen LogP contribution in [0.3, 0.4) is 0 Å². The van der Waals surface area contributed by atoms with Gasteiger partial charge in [-0.3, -0.25) is 9.78 Å². The Morgan fingerprint density at radius 2 is 2.07 bits per heavy atom. The largest absolute Gasteiger partial charge is 0.378 e. The SMILES string of the molecule is CC1(C)C[C@@](C)(c2cc(CC(=O)c3cnc(C#N)cn3)ccn2)N=C(N)S1. The molecular weight excluding hydrogens is 360 g/mol. The van der Waals surface area contributed by atoms with Crippen LogP contribution in [0.4, 0.5) is 0 Å². The number of carbonyl (C=O) groups excluding carboxylic acids is 1. The van der Waals surface area contributed by atoms with E-state index in [9.17, 15) is 4.79 Å². The van der Waals surface area contributed by atoms with Gasteiger partial charge in [-0.15, -0.1) is 0 Å². The molecule has 0 bridgehead atoms. The van der Waals surface area contributed by atoms with Crippen molar-refractivity contribution in [2.45, 2.75) is 43.9 Å². The van der Waals surface area contributed by atoms with E-state index in [1.54, 1.807) is 24.0 Å². The fourth-order valence-electron chi connectivity index (χ4n) is 3.29. The Morgan fingerprint density at radius 3 is 2.70 bits per heavy atom. The van der Waals surface area contributed by atoms with Crippen molar-refractivity contribution in [3.05, 3.63) is 53.4 Å². The topological polar surface area (TPSA) is 118 Å². The third-order valence-corrected chi connectivity index (χ3v) is 5.30. The van der Waals surface area contributed by atoms with Gasteiger partial charge in [-0.05, 0) is 31.0 Å². The number of carbonyl (C=O) groups is 1. The van der Waals surface area contributed by atoms with Crippen LogP contribution in [0.1, 0.15) is 54.6 Å².